The van der Waals surface area contributed by atoms with Gasteiger partial charge < -0.3 is 15.4 Å². The van der Waals surface area contributed by atoms with E-state index in [4.69, 9.17) is 10.5 Å². The molecule has 0 unspecified atom stereocenters. The van der Waals surface area contributed by atoms with Gasteiger partial charge in [0.2, 0.25) is 0 Å². The molecule has 0 bridgehead atoms. The molecule has 0 heterocycles. The van der Waals surface area contributed by atoms with Crippen LogP contribution in [0.4, 0.5) is 5.69 Å². The number of ether oxygens (including phenoxy) is 1. The normalized spacial score (nSPS) is 13.9. The van der Waals surface area contributed by atoms with Crippen LogP contribution in [0, 0.1) is 0 Å². The third-order valence-corrected chi connectivity index (χ3v) is 3.06. The maximum absolute atomic E-state index is 12.5. The Morgan fingerprint density at radius 3 is 2.84 bits per heavy atom. The molecule has 1 saturated carbocycles. The molecular weight excluding hydrogens is 240 g/mol. The lowest BCUT2D eigenvalue weighted by atomic mass is 10.1. The summed E-state index contributed by atoms with van der Waals surface area (Å²) in [7, 11) is 0. The first-order valence-electron chi connectivity index (χ1n) is 6.61. The smallest absolute Gasteiger partial charge is 0.254 e. The molecule has 1 amide bonds. The second-order valence-corrected chi connectivity index (χ2v) is 4.70. The summed E-state index contributed by atoms with van der Waals surface area (Å²) in [4.78, 5) is 14.3. The van der Waals surface area contributed by atoms with E-state index in [0.717, 1.165) is 12.8 Å². The fourth-order valence-electron chi connectivity index (χ4n) is 2.08. The molecule has 0 radical (unpaired) electrons. The fourth-order valence-corrected chi connectivity index (χ4v) is 2.08. The summed E-state index contributed by atoms with van der Waals surface area (Å²) < 4.78 is 5.42. The molecule has 0 spiro atoms. The van der Waals surface area contributed by atoms with Crippen molar-refractivity contribution in [3.05, 3.63) is 36.4 Å². The second-order valence-electron chi connectivity index (χ2n) is 4.70. The third-order valence-electron chi connectivity index (χ3n) is 3.06. The zero-order valence-corrected chi connectivity index (χ0v) is 11.3. The molecule has 1 aromatic rings. The van der Waals surface area contributed by atoms with Crippen molar-refractivity contribution in [2.45, 2.75) is 25.8 Å². The van der Waals surface area contributed by atoms with Gasteiger partial charge in [0.05, 0.1) is 6.61 Å². The van der Waals surface area contributed by atoms with Gasteiger partial charge in [0.1, 0.15) is 5.75 Å². The molecule has 1 aromatic carbocycles. The SMILES string of the molecule is C=CCN(C(=O)c1cc(N)cc(OCC)c1)C1CC1. The highest BCUT2D eigenvalue weighted by Crippen LogP contribution is 2.29. The highest BCUT2D eigenvalue weighted by Gasteiger charge is 2.32. The minimum absolute atomic E-state index is 0.00402. The first-order chi connectivity index (χ1) is 9.15. The molecule has 0 aromatic heterocycles. The molecule has 1 fully saturated rings. The number of nitrogen functional groups attached to an aromatic ring is 1. The van der Waals surface area contributed by atoms with Gasteiger partial charge in [-0.2, -0.15) is 0 Å². The minimum atomic E-state index is -0.00402. The molecule has 4 nitrogen and oxygen atoms in total. The molecule has 19 heavy (non-hydrogen) atoms. The highest BCUT2D eigenvalue weighted by atomic mass is 16.5. The maximum Gasteiger partial charge on any atom is 0.254 e. The number of amides is 1. The molecule has 1 aliphatic rings. The molecule has 0 aliphatic heterocycles. The topological polar surface area (TPSA) is 55.6 Å². The summed E-state index contributed by atoms with van der Waals surface area (Å²) >= 11 is 0. The van der Waals surface area contributed by atoms with Crippen LogP contribution in [0.5, 0.6) is 5.75 Å². The van der Waals surface area contributed by atoms with Crippen molar-refractivity contribution in [2.24, 2.45) is 0 Å². The molecule has 0 saturated heterocycles. The summed E-state index contributed by atoms with van der Waals surface area (Å²) in [5, 5.41) is 0. The van der Waals surface area contributed by atoms with Gasteiger partial charge in [-0.1, -0.05) is 6.08 Å². The van der Waals surface area contributed by atoms with Crippen LogP contribution in [0.3, 0.4) is 0 Å². The molecule has 4 heteroatoms. The Morgan fingerprint density at radius 1 is 1.53 bits per heavy atom. The van der Waals surface area contributed by atoms with Gasteiger partial charge in [0.15, 0.2) is 0 Å². The van der Waals surface area contributed by atoms with Gasteiger partial charge in [-0.25, -0.2) is 0 Å². The van der Waals surface area contributed by atoms with E-state index in [1.165, 1.54) is 0 Å². The van der Waals surface area contributed by atoms with Gasteiger partial charge in [0, 0.05) is 29.9 Å². The highest BCUT2D eigenvalue weighted by molar-refractivity contribution is 5.96. The number of nitrogens with two attached hydrogens (primary N) is 1. The Morgan fingerprint density at radius 2 is 2.26 bits per heavy atom. The van der Waals surface area contributed by atoms with Gasteiger partial charge in [0.25, 0.3) is 5.91 Å². The number of benzene rings is 1. The summed E-state index contributed by atoms with van der Waals surface area (Å²) in [5.74, 6) is 0.635. The van der Waals surface area contributed by atoms with E-state index < -0.39 is 0 Å². The van der Waals surface area contributed by atoms with E-state index in [1.807, 2.05) is 11.8 Å². The van der Waals surface area contributed by atoms with Gasteiger partial charge >= 0.3 is 0 Å². The molecular formula is C15H20N2O2. The van der Waals surface area contributed by atoms with Gasteiger partial charge in [-0.15, -0.1) is 6.58 Å². The summed E-state index contributed by atoms with van der Waals surface area (Å²) in [6.07, 6.45) is 3.90. The minimum Gasteiger partial charge on any atom is -0.494 e. The van der Waals surface area contributed by atoms with Crippen LogP contribution >= 0.6 is 0 Å². The Kier molecular flexibility index (Phi) is 4.10. The fraction of sp³-hybridized carbons (Fsp3) is 0.400. The summed E-state index contributed by atoms with van der Waals surface area (Å²) in [6, 6.07) is 5.53. The largest absolute Gasteiger partial charge is 0.494 e. The lowest BCUT2D eigenvalue weighted by molar-refractivity contribution is 0.0762. The third kappa shape index (κ3) is 3.28. The quantitative estimate of drug-likeness (QED) is 0.631. The van der Waals surface area contributed by atoms with Crippen molar-refractivity contribution in [2.75, 3.05) is 18.9 Å². The van der Waals surface area contributed by atoms with E-state index in [-0.39, 0.29) is 5.91 Å². The zero-order valence-electron chi connectivity index (χ0n) is 11.3. The monoisotopic (exact) mass is 260 g/mol. The predicted molar refractivity (Wildman–Crippen MR) is 76.3 cm³/mol. The number of carbonyl (C=O) groups excluding carboxylic acids is 1. The van der Waals surface area contributed by atoms with Crippen LogP contribution in [-0.2, 0) is 0 Å². The summed E-state index contributed by atoms with van der Waals surface area (Å²) in [6.45, 7) is 6.73. The van der Waals surface area contributed by atoms with E-state index in [2.05, 4.69) is 6.58 Å². The first kappa shape index (κ1) is 13.5. The van der Waals surface area contributed by atoms with E-state index in [0.29, 0.717) is 36.2 Å². The molecule has 2 N–H and O–H groups in total. The van der Waals surface area contributed by atoms with Crippen molar-refractivity contribution < 1.29 is 9.53 Å². The van der Waals surface area contributed by atoms with E-state index >= 15 is 0 Å². The van der Waals surface area contributed by atoms with Crippen LogP contribution in [0.15, 0.2) is 30.9 Å². The lowest BCUT2D eigenvalue weighted by Crippen LogP contribution is -2.33. The molecule has 1 aliphatic carbocycles. The molecule has 102 valence electrons. The molecule has 2 rings (SSSR count). The second kappa shape index (κ2) is 5.78. The van der Waals surface area contributed by atoms with Crippen LogP contribution < -0.4 is 10.5 Å². The van der Waals surface area contributed by atoms with Gasteiger partial charge in [-0.3, -0.25) is 4.79 Å². The Balaban J connectivity index is 2.23. The van der Waals surface area contributed by atoms with Crippen molar-refractivity contribution in [3.8, 4) is 5.75 Å². The van der Waals surface area contributed by atoms with Crippen LogP contribution in [0.25, 0.3) is 0 Å². The standard InChI is InChI=1S/C15H20N2O2/c1-3-7-17(13-5-6-13)15(18)11-8-12(16)10-14(9-11)19-4-2/h3,8-10,13H,1,4-7,16H2,2H3. The van der Waals surface area contributed by atoms with Crippen molar-refractivity contribution >= 4 is 11.6 Å². The number of nitrogens with zero attached hydrogens (tertiary/aromatic N) is 1. The Labute approximate surface area is 113 Å². The van der Waals surface area contributed by atoms with E-state index in [1.54, 1.807) is 24.3 Å². The van der Waals surface area contributed by atoms with Crippen LogP contribution in [0.1, 0.15) is 30.1 Å². The average molecular weight is 260 g/mol. The van der Waals surface area contributed by atoms with Crippen LogP contribution in [-0.4, -0.2) is 30.0 Å². The first-order valence-corrected chi connectivity index (χ1v) is 6.61. The number of anilines is 1. The zero-order chi connectivity index (χ0) is 13.8. The number of hydrogen-bond acceptors (Lipinski definition) is 3. The maximum atomic E-state index is 12.5. The van der Waals surface area contributed by atoms with Crippen molar-refractivity contribution in [1.82, 2.24) is 4.90 Å². The van der Waals surface area contributed by atoms with E-state index in [9.17, 15) is 4.79 Å². The predicted octanol–water partition coefficient (Wildman–Crippen LogP) is 2.46. The van der Waals surface area contributed by atoms with Gasteiger partial charge in [-0.05, 0) is 31.9 Å². The van der Waals surface area contributed by atoms with Crippen molar-refractivity contribution in [3.63, 3.8) is 0 Å². The average Bonchev–Trinajstić information content (AvgIpc) is 3.19. The van der Waals surface area contributed by atoms with Crippen molar-refractivity contribution in [1.29, 1.82) is 0 Å². The lowest BCUT2D eigenvalue weighted by Gasteiger charge is -2.21. The summed E-state index contributed by atoms with van der Waals surface area (Å²) in [5.41, 5.74) is 6.95. The molecule has 0 atom stereocenters. The number of hydrogen-bond donors (Lipinski definition) is 1. The Bertz CT molecular complexity index is 481. The number of rotatable bonds is 6. The van der Waals surface area contributed by atoms with Crippen LogP contribution in [0.2, 0.25) is 0 Å². The Hall–Kier alpha value is -1.97. The number of carbonyl (C=O) groups is 1.